The number of ether oxygens (including phenoxy) is 1. The topological polar surface area (TPSA) is 77.2 Å². The molecule has 0 atom stereocenters. The number of carbonyl (C=O) groups excluding carboxylic acids is 1. The van der Waals surface area contributed by atoms with Gasteiger partial charge in [-0.05, 0) is 30.7 Å². The molecule has 3 N–H and O–H groups in total. The fourth-order valence-corrected chi connectivity index (χ4v) is 1.69. The van der Waals surface area contributed by atoms with Crippen LogP contribution in [0.25, 0.3) is 0 Å². The Balaban J connectivity index is 2.29. The van der Waals surface area contributed by atoms with Gasteiger partial charge in [-0.3, -0.25) is 0 Å². The van der Waals surface area contributed by atoms with Gasteiger partial charge in [-0.2, -0.15) is 0 Å². The van der Waals surface area contributed by atoms with Crippen LogP contribution in [0.2, 0.25) is 0 Å². The molecule has 0 aliphatic rings. The number of rotatable bonds is 3. The third kappa shape index (κ3) is 3.01. The number of hydrogen-bond acceptors (Lipinski definition) is 5. The Hall–Kier alpha value is -2.56. The zero-order valence-corrected chi connectivity index (χ0v) is 10.8. The van der Waals surface area contributed by atoms with Crippen molar-refractivity contribution in [3.63, 3.8) is 0 Å². The highest BCUT2D eigenvalue weighted by atomic mass is 16.5. The Morgan fingerprint density at radius 2 is 2.16 bits per heavy atom. The van der Waals surface area contributed by atoms with Crippen LogP contribution in [0.4, 0.5) is 17.2 Å². The van der Waals surface area contributed by atoms with Crippen molar-refractivity contribution >= 4 is 23.2 Å². The number of nitrogens with one attached hydrogen (secondary N) is 1. The molecule has 98 valence electrons. The summed E-state index contributed by atoms with van der Waals surface area (Å²) in [7, 11) is 1.32. The Morgan fingerprint density at radius 1 is 1.37 bits per heavy atom. The van der Waals surface area contributed by atoms with Crippen LogP contribution >= 0.6 is 0 Å². The third-order valence-electron chi connectivity index (χ3n) is 2.63. The number of esters is 1. The van der Waals surface area contributed by atoms with E-state index < -0.39 is 5.97 Å². The standard InChI is InChI=1S/C14H15N3O2/c1-9-4-3-5-10(6-9)17-13-7-11(14(18)19-2)12(15)8-16-13/h3-8H,15H2,1-2H3,(H,16,17). The molecule has 0 aliphatic carbocycles. The second-order valence-electron chi connectivity index (χ2n) is 4.14. The first-order chi connectivity index (χ1) is 9.10. The maximum Gasteiger partial charge on any atom is 0.340 e. The van der Waals surface area contributed by atoms with Crippen molar-refractivity contribution in [1.82, 2.24) is 4.98 Å². The summed E-state index contributed by atoms with van der Waals surface area (Å²) in [6.45, 7) is 2.00. The number of anilines is 3. The van der Waals surface area contributed by atoms with Crippen LogP contribution in [0, 0.1) is 6.92 Å². The molecule has 0 saturated heterocycles. The molecule has 5 heteroatoms. The summed E-state index contributed by atoms with van der Waals surface area (Å²) in [5.74, 6) is 0.0624. The number of hydrogen-bond donors (Lipinski definition) is 2. The Kier molecular flexibility index (Phi) is 3.66. The Labute approximate surface area is 111 Å². The fourth-order valence-electron chi connectivity index (χ4n) is 1.69. The molecule has 0 fully saturated rings. The quantitative estimate of drug-likeness (QED) is 0.826. The monoisotopic (exact) mass is 257 g/mol. The number of pyridine rings is 1. The molecule has 0 unspecified atom stereocenters. The van der Waals surface area contributed by atoms with Crippen LogP contribution in [-0.2, 0) is 4.74 Å². The lowest BCUT2D eigenvalue weighted by molar-refractivity contribution is 0.0602. The van der Waals surface area contributed by atoms with Crippen LogP contribution in [0.3, 0.4) is 0 Å². The first-order valence-electron chi connectivity index (χ1n) is 5.77. The highest BCUT2D eigenvalue weighted by Crippen LogP contribution is 2.20. The van der Waals surface area contributed by atoms with Gasteiger partial charge in [0.2, 0.25) is 0 Å². The first kappa shape index (κ1) is 12.9. The van der Waals surface area contributed by atoms with Crippen molar-refractivity contribution in [3.8, 4) is 0 Å². The third-order valence-corrected chi connectivity index (χ3v) is 2.63. The highest BCUT2D eigenvalue weighted by molar-refractivity contribution is 5.95. The molecular weight excluding hydrogens is 242 g/mol. The fraction of sp³-hybridized carbons (Fsp3) is 0.143. The van der Waals surface area contributed by atoms with Gasteiger partial charge in [0, 0.05) is 5.69 Å². The van der Waals surface area contributed by atoms with Gasteiger partial charge in [0.1, 0.15) is 5.82 Å². The molecule has 1 heterocycles. The molecule has 5 nitrogen and oxygen atoms in total. The van der Waals surface area contributed by atoms with E-state index in [2.05, 4.69) is 15.0 Å². The first-order valence-corrected chi connectivity index (χ1v) is 5.77. The Bertz CT molecular complexity index is 611. The number of nitrogens with two attached hydrogens (primary N) is 1. The predicted octanol–water partition coefficient (Wildman–Crippen LogP) is 2.50. The minimum atomic E-state index is -0.479. The van der Waals surface area contributed by atoms with E-state index in [0.717, 1.165) is 11.3 Å². The summed E-state index contributed by atoms with van der Waals surface area (Å²) in [6, 6.07) is 9.42. The van der Waals surface area contributed by atoms with Crippen molar-refractivity contribution in [2.45, 2.75) is 6.92 Å². The summed E-state index contributed by atoms with van der Waals surface area (Å²) >= 11 is 0. The van der Waals surface area contributed by atoms with E-state index in [9.17, 15) is 4.79 Å². The second-order valence-corrected chi connectivity index (χ2v) is 4.14. The number of aryl methyl sites for hydroxylation is 1. The molecule has 0 amide bonds. The minimum Gasteiger partial charge on any atom is -0.465 e. The zero-order valence-electron chi connectivity index (χ0n) is 10.8. The lowest BCUT2D eigenvalue weighted by atomic mass is 10.2. The van der Waals surface area contributed by atoms with E-state index in [1.807, 2.05) is 31.2 Å². The van der Waals surface area contributed by atoms with Gasteiger partial charge >= 0.3 is 5.97 Å². The van der Waals surface area contributed by atoms with Crippen molar-refractivity contribution in [1.29, 1.82) is 0 Å². The van der Waals surface area contributed by atoms with Crippen LogP contribution in [0.5, 0.6) is 0 Å². The number of nitrogens with zero attached hydrogens (tertiary/aromatic N) is 1. The van der Waals surface area contributed by atoms with Gasteiger partial charge < -0.3 is 15.8 Å². The maximum absolute atomic E-state index is 11.5. The van der Waals surface area contributed by atoms with Gasteiger partial charge in [0.05, 0.1) is 24.6 Å². The van der Waals surface area contributed by atoms with Crippen molar-refractivity contribution in [2.75, 3.05) is 18.2 Å². The van der Waals surface area contributed by atoms with E-state index in [1.165, 1.54) is 13.3 Å². The van der Waals surface area contributed by atoms with Crippen LogP contribution in [0.1, 0.15) is 15.9 Å². The number of nitrogen functional groups attached to an aromatic ring is 1. The number of benzene rings is 1. The van der Waals surface area contributed by atoms with E-state index in [0.29, 0.717) is 17.1 Å². The Morgan fingerprint density at radius 3 is 2.84 bits per heavy atom. The maximum atomic E-state index is 11.5. The summed E-state index contributed by atoms with van der Waals surface area (Å²) in [6.07, 6.45) is 1.43. The molecule has 0 aliphatic heterocycles. The second kappa shape index (κ2) is 5.39. The molecule has 2 rings (SSSR count). The van der Waals surface area contributed by atoms with Gasteiger partial charge in [-0.25, -0.2) is 9.78 Å². The van der Waals surface area contributed by atoms with E-state index in [4.69, 9.17) is 5.73 Å². The minimum absolute atomic E-state index is 0.293. The molecule has 0 saturated carbocycles. The van der Waals surface area contributed by atoms with Gasteiger partial charge in [-0.1, -0.05) is 12.1 Å². The average molecular weight is 257 g/mol. The van der Waals surface area contributed by atoms with Crippen molar-refractivity contribution < 1.29 is 9.53 Å². The van der Waals surface area contributed by atoms with Crippen LogP contribution in [-0.4, -0.2) is 18.1 Å². The van der Waals surface area contributed by atoms with E-state index >= 15 is 0 Å². The van der Waals surface area contributed by atoms with Gasteiger partial charge in [-0.15, -0.1) is 0 Å². The molecular formula is C14H15N3O2. The summed E-state index contributed by atoms with van der Waals surface area (Å²) in [4.78, 5) is 15.7. The molecule has 0 spiro atoms. The molecule has 19 heavy (non-hydrogen) atoms. The average Bonchev–Trinajstić information content (AvgIpc) is 2.40. The largest absolute Gasteiger partial charge is 0.465 e. The molecule has 0 bridgehead atoms. The zero-order chi connectivity index (χ0) is 13.8. The normalized spacial score (nSPS) is 10.0. The lowest BCUT2D eigenvalue weighted by Gasteiger charge is -2.09. The predicted molar refractivity (Wildman–Crippen MR) is 74.5 cm³/mol. The SMILES string of the molecule is COC(=O)c1cc(Nc2cccc(C)c2)ncc1N. The number of carbonyl (C=O) groups is 1. The summed E-state index contributed by atoms with van der Waals surface area (Å²) in [5, 5.41) is 3.12. The van der Waals surface area contributed by atoms with Crippen LogP contribution < -0.4 is 11.1 Å². The molecule has 1 aromatic heterocycles. The summed E-state index contributed by atoms with van der Waals surface area (Å²) in [5.41, 5.74) is 8.31. The summed E-state index contributed by atoms with van der Waals surface area (Å²) < 4.78 is 4.67. The smallest absolute Gasteiger partial charge is 0.340 e. The molecule has 0 radical (unpaired) electrons. The van der Waals surface area contributed by atoms with Crippen molar-refractivity contribution in [2.24, 2.45) is 0 Å². The van der Waals surface area contributed by atoms with Gasteiger partial charge in [0.15, 0.2) is 0 Å². The number of methoxy groups -OCH3 is 1. The van der Waals surface area contributed by atoms with E-state index in [1.54, 1.807) is 6.07 Å². The number of aromatic nitrogens is 1. The molecule has 2 aromatic rings. The van der Waals surface area contributed by atoms with Crippen molar-refractivity contribution in [3.05, 3.63) is 47.7 Å². The van der Waals surface area contributed by atoms with Crippen LogP contribution in [0.15, 0.2) is 36.5 Å². The molecule has 1 aromatic carbocycles. The lowest BCUT2D eigenvalue weighted by Crippen LogP contribution is -2.07. The van der Waals surface area contributed by atoms with Gasteiger partial charge in [0.25, 0.3) is 0 Å². The van der Waals surface area contributed by atoms with E-state index in [-0.39, 0.29) is 0 Å². The highest BCUT2D eigenvalue weighted by Gasteiger charge is 2.11.